The minimum Gasteiger partial charge on any atom is -0.462 e. The fraction of sp³-hybridized carbons (Fsp3) is 0.500. The van der Waals surface area contributed by atoms with Gasteiger partial charge < -0.3 is 19.3 Å². The third-order valence-electron chi connectivity index (χ3n) is 2.92. The van der Waals surface area contributed by atoms with E-state index in [2.05, 4.69) is 0 Å². The number of hydrogen-bond donors (Lipinski definition) is 1. The zero-order chi connectivity index (χ0) is 13.7. The molecule has 19 heavy (non-hydrogen) atoms. The van der Waals surface area contributed by atoms with Gasteiger partial charge in [0.05, 0.1) is 0 Å². The molecule has 104 valence electrons. The predicted molar refractivity (Wildman–Crippen MR) is 68.1 cm³/mol. The quantitative estimate of drug-likeness (QED) is 0.793. The molecule has 0 aromatic heterocycles. The van der Waals surface area contributed by atoms with Gasteiger partial charge in [-0.05, 0) is 30.5 Å². The van der Waals surface area contributed by atoms with Gasteiger partial charge in [0, 0.05) is 20.0 Å². The van der Waals surface area contributed by atoms with Crippen LogP contribution in [0.15, 0.2) is 18.2 Å². The Hall–Kier alpha value is -1.75. The summed E-state index contributed by atoms with van der Waals surface area (Å²) in [5.41, 5.74) is 1.02. The summed E-state index contributed by atoms with van der Waals surface area (Å²) in [6.45, 7) is 1.74. The molecular weight excluding hydrogens is 248 g/mol. The first-order valence-corrected chi connectivity index (χ1v) is 6.35. The third-order valence-corrected chi connectivity index (χ3v) is 2.92. The number of carbonyl (C=O) groups is 1. The summed E-state index contributed by atoms with van der Waals surface area (Å²) < 4.78 is 15.8. The topological polar surface area (TPSA) is 65.0 Å². The van der Waals surface area contributed by atoms with Crippen molar-refractivity contribution in [1.82, 2.24) is 0 Å². The molecule has 1 aromatic rings. The number of fused-ring (bicyclic) bond motifs is 1. The smallest absolute Gasteiger partial charge is 0.302 e. The molecule has 1 aromatic carbocycles. The first-order valence-electron chi connectivity index (χ1n) is 6.35. The Morgan fingerprint density at radius 3 is 2.95 bits per heavy atom. The third kappa shape index (κ3) is 3.86. The lowest BCUT2D eigenvalue weighted by molar-refractivity contribution is -0.146. The second kappa shape index (κ2) is 6.43. The van der Waals surface area contributed by atoms with E-state index in [4.69, 9.17) is 19.3 Å². The molecule has 1 unspecified atom stereocenters. The molecule has 0 saturated heterocycles. The molecule has 0 amide bonds. The fourth-order valence-electron chi connectivity index (χ4n) is 2.09. The fourth-order valence-corrected chi connectivity index (χ4v) is 2.09. The second-order valence-corrected chi connectivity index (χ2v) is 4.49. The van der Waals surface area contributed by atoms with E-state index in [0.29, 0.717) is 19.3 Å². The molecule has 0 bridgehead atoms. The van der Waals surface area contributed by atoms with Crippen LogP contribution in [0.5, 0.6) is 11.5 Å². The van der Waals surface area contributed by atoms with Crippen LogP contribution in [0.1, 0.15) is 25.3 Å². The molecule has 5 nitrogen and oxygen atoms in total. The number of hydrogen-bond acceptors (Lipinski definition) is 5. The molecule has 0 aliphatic carbocycles. The monoisotopic (exact) mass is 266 g/mol. The molecule has 1 aliphatic rings. The van der Waals surface area contributed by atoms with Crippen LogP contribution in [-0.4, -0.2) is 30.6 Å². The lowest BCUT2D eigenvalue weighted by atomic mass is 10.0. The normalized spacial score (nSPS) is 14.2. The summed E-state index contributed by atoms with van der Waals surface area (Å²) in [7, 11) is 0. The summed E-state index contributed by atoms with van der Waals surface area (Å²) in [6, 6.07) is 5.69. The van der Waals surface area contributed by atoms with Crippen molar-refractivity contribution < 1.29 is 24.1 Å². The van der Waals surface area contributed by atoms with E-state index in [1.165, 1.54) is 6.92 Å². The molecule has 1 aliphatic heterocycles. The van der Waals surface area contributed by atoms with Crippen LogP contribution in [0.3, 0.4) is 0 Å². The van der Waals surface area contributed by atoms with Crippen molar-refractivity contribution in [2.24, 2.45) is 0 Å². The van der Waals surface area contributed by atoms with Gasteiger partial charge in [-0.25, -0.2) is 0 Å². The van der Waals surface area contributed by atoms with Gasteiger partial charge in [0.25, 0.3) is 0 Å². The summed E-state index contributed by atoms with van der Waals surface area (Å²) in [5, 5.41) is 8.87. The predicted octanol–water partition coefficient (Wildman–Crippen LogP) is 1.66. The van der Waals surface area contributed by atoms with Gasteiger partial charge in [0.15, 0.2) is 11.5 Å². The summed E-state index contributed by atoms with van der Waals surface area (Å²) >= 11 is 0. The number of aliphatic hydroxyl groups excluding tert-OH is 1. The van der Waals surface area contributed by atoms with Crippen LogP contribution < -0.4 is 9.47 Å². The minimum absolute atomic E-state index is 0.0961. The highest BCUT2D eigenvalue weighted by atomic mass is 16.7. The largest absolute Gasteiger partial charge is 0.462 e. The standard InChI is InChI=1S/C14H18O5/c1-10(16)19-12(3-2-6-15)7-11-4-5-13-14(8-11)18-9-17-13/h4-5,8,12,15H,2-3,6-7,9H2,1H3. The van der Waals surface area contributed by atoms with Gasteiger partial charge in [-0.3, -0.25) is 4.79 Å². The highest BCUT2D eigenvalue weighted by Gasteiger charge is 2.17. The molecule has 1 atom stereocenters. The Balaban J connectivity index is 2.01. The van der Waals surface area contributed by atoms with E-state index < -0.39 is 0 Å². The van der Waals surface area contributed by atoms with E-state index in [9.17, 15) is 4.79 Å². The van der Waals surface area contributed by atoms with Gasteiger partial charge >= 0.3 is 5.97 Å². The van der Waals surface area contributed by atoms with Crippen LogP contribution in [0.25, 0.3) is 0 Å². The van der Waals surface area contributed by atoms with Crippen molar-refractivity contribution in [3.8, 4) is 11.5 Å². The van der Waals surface area contributed by atoms with Crippen LogP contribution in [-0.2, 0) is 16.0 Å². The Morgan fingerprint density at radius 2 is 2.21 bits per heavy atom. The lowest BCUT2D eigenvalue weighted by Gasteiger charge is -2.16. The molecule has 0 radical (unpaired) electrons. The van der Waals surface area contributed by atoms with E-state index >= 15 is 0 Å². The lowest BCUT2D eigenvalue weighted by Crippen LogP contribution is -2.19. The maximum atomic E-state index is 11.1. The van der Waals surface area contributed by atoms with Crippen LogP contribution >= 0.6 is 0 Å². The van der Waals surface area contributed by atoms with Gasteiger partial charge in [0.1, 0.15) is 6.10 Å². The SMILES string of the molecule is CC(=O)OC(CCCO)Cc1ccc2c(c1)OCO2. The zero-order valence-electron chi connectivity index (χ0n) is 10.9. The maximum Gasteiger partial charge on any atom is 0.302 e. The van der Waals surface area contributed by atoms with Gasteiger partial charge in [-0.15, -0.1) is 0 Å². The number of aliphatic hydroxyl groups is 1. The molecule has 2 rings (SSSR count). The van der Waals surface area contributed by atoms with E-state index in [1.54, 1.807) is 0 Å². The molecule has 0 spiro atoms. The maximum absolute atomic E-state index is 11.1. The first-order chi connectivity index (χ1) is 9.19. The van der Waals surface area contributed by atoms with Gasteiger partial charge in [-0.1, -0.05) is 6.07 Å². The van der Waals surface area contributed by atoms with Crippen molar-refractivity contribution in [1.29, 1.82) is 0 Å². The number of esters is 1. The van der Waals surface area contributed by atoms with E-state index in [-0.39, 0.29) is 25.5 Å². The van der Waals surface area contributed by atoms with Crippen LogP contribution in [0, 0.1) is 0 Å². The number of benzene rings is 1. The highest BCUT2D eigenvalue weighted by Crippen LogP contribution is 2.33. The summed E-state index contributed by atoms with van der Waals surface area (Å²) in [4.78, 5) is 11.1. The van der Waals surface area contributed by atoms with E-state index in [0.717, 1.165) is 17.1 Å². The van der Waals surface area contributed by atoms with Gasteiger partial charge in [0.2, 0.25) is 6.79 Å². The highest BCUT2D eigenvalue weighted by molar-refractivity contribution is 5.66. The molecule has 0 saturated carbocycles. The summed E-state index contributed by atoms with van der Waals surface area (Å²) in [6.07, 6.45) is 1.65. The molecule has 1 heterocycles. The Bertz CT molecular complexity index is 443. The summed E-state index contributed by atoms with van der Waals surface area (Å²) in [5.74, 6) is 1.16. The molecule has 5 heteroatoms. The molecule has 1 N–H and O–H groups in total. The Kier molecular flexibility index (Phi) is 4.63. The molecular formula is C14H18O5. The Labute approximate surface area is 112 Å². The van der Waals surface area contributed by atoms with Crippen LogP contribution in [0.2, 0.25) is 0 Å². The Morgan fingerprint density at radius 1 is 1.42 bits per heavy atom. The number of carbonyl (C=O) groups excluding carboxylic acids is 1. The molecule has 0 fully saturated rings. The zero-order valence-corrected chi connectivity index (χ0v) is 10.9. The number of ether oxygens (including phenoxy) is 3. The van der Waals surface area contributed by atoms with Crippen LogP contribution in [0.4, 0.5) is 0 Å². The first kappa shape index (κ1) is 13.7. The van der Waals surface area contributed by atoms with Gasteiger partial charge in [-0.2, -0.15) is 0 Å². The second-order valence-electron chi connectivity index (χ2n) is 4.49. The van der Waals surface area contributed by atoms with Crippen molar-refractivity contribution in [2.45, 2.75) is 32.3 Å². The van der Waals surface area contributed by atoms with E-state index in [1.807, 2.05) is 18.2 Å². The van der Waals surface area contributed by atoms with Crippen molar-refractivity contribution in [3.05, 3.63) is 23.8 Å². The number of rotatable bonds is 6. The average Bonchev–Trinajstić information content (AvgIpc) is 2.82. The average molecular weight is 266 g/mol. The van der Waals surface area contributed by atoms with Crippen molar-refractivity contribution in [3.63, 3.8) is 0 Å². The van der Waals surface area contributed by atoms with Crippen molar-refractivity contribution >= 4 is 5.97 Å². The van der Waals surface area contributed by atoms with Crippen molar-refractivity contribution in [2.75, 3.05) is 13.4 Å². The minimum atomic E-state index is -0.302.